The summed E-state index contributed by atoms with van der Waals surface area (Å²) in [7, 11) is 0. The Labute approximate surface area is 119 Å². The van der Waals surface area contributed by atoms with E-state index in [-0.39, 0.29) is 10.2 Å². The lowest BCUT2D eigenvalue weighted by molar-refractivity contribution is -0.137. The van der Waals surface area contributed by atoms with Gasteiger partial charge in [0.25, 0.3) is 0 Å². The number of halogens is 4. The Hall–Kier alpha value is -2.57. The minimum absolute atomic E-state index is 0.126. The first-order chi connectivity index (χ1) is 9.33. The number of nitrogens with one attached hydrogen (secondary N) is 1. The van der Waals surface area contributed by atoms with Gasteiger partial charge in [0, 0.05) is 4.47 Å². The summed E-state index contributed by atoms with van der Waals surface area (Å²) in [5.41, 5.74) is -0.205. The van der Waals surface area contributed by atoms with Crippen molar-refractivity contribution >= 4 is 27.3 Å². The van der Waals surface area contributed by atoms with Crippen LogP contribution in [0, 0.1) is 34.0 Å². The zero-order valence-electron chi connectivity index (χ0n) is 9.46. The number of benzene rings is 1. The smallest absolute Gasteiger partial charge is 0.275 e. The molecule has 20 heavy (non-hydrogen) atoms. The molecule has 0 aromatic heterocycles. The number of hydrogen-bond acceptors (Lipinski definition) is 5. The van der Waals surface area contributed by atoms with E-state index in [1.165, 1.54) is 18.2 Å². The Balaban J connectivity index is 3.32. The Morgan fingerprint density at radius 2 is 1.80 bits per heavy atom. The molecule has 0 aliphatic carbocycles. The molecule has 0 saturated carbocycles. The van der Waals surface area contributed by atoms with Gasteiger partial charge in [0.15, 0.2) is 0 Å². The summed E-state index contributed by atoms with van der Waals surface area (Å²) in [5.74, 6) is 0. The molecule has 0 saturated heterocycles. The predicted molar refractivity (Wildman–Crippen MR) is 66.1 cm³/mol. The first-order valence-corrected chi connectivity index (χ1v) is 5.57. The SMILES string of the molecule is N#CC(C#N)=NNc1cc(C(F)(F)F)c(C#N)cc1Br. The molecule has 1 aromatic rings. The lowest BCUT2D eigenvalue weighted by Crippen LogP contribution is -2.09. The number of hydrogen-bond donors (Lipinski definition) is 1. The van der Waals surface area contributed by atoms with Gasteiger partial charge >= 0.3 is 6.18 Å². The molecule has 100 valence electrons. The molecule has 0 fully saturated rings. The van der Waals surface area contributed by atoms with Gasteiger partial charge in [-0.25, -0.2) is 0 Å². The molecule has 0 aliphatic rings. The second-order valence-corrected chi connectivity index (χ2v) is 4.14. The summed E-state index contributed by atoms with van der Waals surface area (Å²) >= 11 is 2.97. The van der Waals surface area contributed by atoms with Crippen LogP contribution in [0.4, 0.5) is 18.9 Å². The third-order valence-corrected chi connectivity index (χ3v) is 2.69. The lowest BCUT2D eigenvalue weighted by Gasteiger charge is -2.12. The van der Waals surface area contributed by atoms with Gasteiger partial charge in [0.2, 0.25) is 5.71 Å². The quantitative estimate of drug-likeness (QED) is 0.660. The molecule has 1 rings (SSSR count). The molecule has 0 aliphatic heterocycles. The molecule has 0 atom stereocenters. The molecule has 0 amide bonds. The van der Waals surface area contributed by atoms with Crippen molar-refractivity contribution in [2.45, 2.75) is 6.18 Å². The van der Waals surface area contributed by atoms with Gasteiger partial charge in [-0.05, 0) is 28.1 Å². The maximum absolute atomic E-state index is 12.7. The number of nitriles is 3. The van der Waals surface area contributed by atoms with Gasteiger partial charge in [0.1, 0.15) is 12.1 Å². The Bertz CT molecular complexity index is 672. The number of anilines is 1. The number of hydrazone groups is 1. The van der Waals surface area contributed by atoms with E-state index < -0.39 is 23.0 Å². The van der Waals surface area contributed by atoms with Crippen molar-refractivity contribution < 1.29 is 13.2 Å². The highest BCUT2D eigenvalue weighted by Crippen LogP contribution is 2.36. The van der Waals surface area contributed by atoms with E-state index in [2.05, 4.69) is 26.5 Å². The Morgan fingerprint density at radius 1 is 1.20 bits per heavy atom. The minimum Gasteiger partial charge on any atom is -0.275 e. The summed E-state index contributed by atoms with van der Waals surface area (Å²) in [6.07, 6.45) is -4.71. The highest BCUT2D eigenvalue weighted by Gasteiger charge is 2.34. The van der Waals surface area contributed by atoms with Crippen molar-refractivity contribution in [2.75, 3.05) is 5.43 Å². The Kier molecular flexibility index (Phi) is 4.68. The number of nitrogens with zero attached hydrogens (tertiary/aromatic N) is 4. The fraction of sp³-hybridized carbons (Fsp3) is 0.0909. The average Bonchev–Trinajstić information content (AvgIpc) is 2.39. The molecule has 1 N–H and O–H groups in total. The van der Waals surface area contributed by atoms with Crippen LogP contribution in [0.15, 0.2) is 21.7 Å². The lowest BCUT2D eigenvalue weighted by atomic mass is 10.1. The fourth-order valence-electron chi connectivity index (χ4n) is 1.18. The summed E-state index contributed by atoms with van der Waals surface area (Å²) in [6.45, 7) is 0. The first kappa shape index (κ1) is 15.5. The zero-order valence-corrected chi connectivity index (χ0v) is 11.0. The fourth-order valence-corrected chi connectivity index (χ4v) is 1.61. The largest absolute Gasteiger partial charge is 0.417 e. The first-order valence-electron chi connectivity index (χ1n) is 4.78. The monoisotopic (exact) mass is 341 g/mol. The van der Waals surface area contributed by atoms with Crippen LogP contribution >= 0.6 is 15.9 Å². The highest BCUT2D eigenvalue weighted by molar-refractivity contribution is 9.10. The van der Waals surface area contributed by atoms with E-state index in [9.17, 15) is 13.2 Å². The number of rotatable bonds is 2. The summed E-state index contributed by atoms with van der Waals surface area (Å²) in [4.78, 5) is 0. The van der Waals surface area contributed by atoms with Gasteiger partial charge in [-0.2, -0.15) is 34.1 Å². The van der Waals surface area contributed by atoms with Crippen LogP contribution in [0.25, 0.3) is 0 Å². The van der Waals surface area contributed by atoms with Crippen molar-refractivity contribution in [1.82, 2.24) is 0 Å². The molecule has 0 bridgehead atoms. The van der Waals surface area contributed by atoms with Crippen LogP contribution in [-0.2, 0) is 6.18 Å². The second kappa shape index (κ2) is 6.05. The van der Waals surface area contributed by atoms with Crippen LogP contribution < -0.4 is 5.43 Å². The third kappa shape index (κ3) is 3.47. The molecule has 0 unspecified atom stereocenters. The van der Waals surface area contributed by atoms with Crippen molar-refractivity contribution in [1.29, 1.82) is 15.8 Å². The third-order valence-electron chi connectivity index (χ3n) is 2.03. The summed E-state index contributed by atoms with van der Waals surface area (Å²) < 4.78 is 38.4. The van der Waals surface area contributed by atoms with Gasteiger partial charge in [-0.3, -0.25) is 5.43 Å². The molecule has 0 heterocycles. The van der Waals surface area contributed by atoms with Crippen molar-refractivity contribution in [3.05, 3.63) is 27.7 Å². The maximum Gasteiger partial charge on any atom is 0.417 e. The highest BCUT2D eigenvalue weighted by atomic mass is 79.9. The van der Waals surface area contributed by atoms with E-state index in [0.29, 0.717) is 6.07 Å². The second-order valence-electron chi connectivity index (χ2n) is 3.28. The maximum atomic E-state index is 12.7. The molecular weight excluding hydrogens is 339 g/mol. The van der Waals surface area contributed by atoms with E-state index in [0.717, 1.165) is 6.07 Å². The van der Waals surface area contributed by atoms with Crippen molar-refractivity contribution in [3.8, 4) is 18.2 Å². The molecule has 5 nitrogen and oxygen atoms in total. The van der Waals surface area contributed by atoms with Gasteiger partial charge in [-0.1, -0.05) is 0 Å². The average molecular weight is 342 g/mol. The molecular formula is C11H3BrF3N5. The van der Waals surface area contributed by atoms with E-state index in [4.69, 9.17) is 15.8 Å². The molecule has 0 spiro atoms. The van der Waals surface area contributed by atoms with Crippen molar-refractivity contribution in [3.63, 3.8) is 0 Å². The van der Waals surface area contributed by atoms with E-state index >= 15 is 0 Å². The van der Waals surface area contributed by atoms with Crippen LogP contribution in [-0.4, -0.2) is 5.71 Å². The van der Waals surface area contributed by atoms with E-state index in [1.807, 2.05) is 0 Å². The van der Waals surface area contributed by atoms with Crippen LogP contribution in [0.5, 0.6) is 0 Å². The van der Waals surface area contributed by atoms with Gasteiger partial charge in [0.05, 0.1) is 22.9 Å². The van der Waals surface area contributed by atoms with Crippen LogP contribution in [0.1, 0.15) is 11.1 Å². The summed E-state index contributed by atoms with van der Waals surface area (Å²) in [6, 6.07) is 5.97. The normalized spacial score (nSPS) is 9.85. The number of alkyl halides is 3. The van der Waals surface area contributed by atoms with Crippen LogP contribution in [0.2, 0.25) is 0 Å². The van der Waals surface area contributed by atoms with Crippen molar-refractivity contribution in [2.24, 2.45) is 5.10 Å². The standard InChI is InChI=1S/C11H3BrF3N5/c12-9-1-6(3-16)8(11(13,14)15)2-10(9)20-19-7(4-17)5-18/h1-2,20H. The molecule has 0 radical (unpaired) electrons. The Morgan fingerprint density at radius 3 is 2.25 bits per heavy atom. The minimum atomic E-state index is -4.71. The van der Waals surface area contributed by atoms with Gasteiger partial charge < -0.3 is 0 Å². The van der Waals surface area contributed by atoms with E-state index in [1.54, 1.807) is 0 Å². The van der Waals surface area contributed by atoms with Gasteiger partial charge in [-0.15, -0.1) is 0 Å². The molecule has 9 heteroatoms. The summed E-state index contributed by atoms with van der Waals surface area (Å²) in [5, 5.41) is 28.9. The predicted octanol–water partition coefficient (Wildman–Crippen LogP) is 3.15. The molecule has 1 aromatic carbocycles. The topological polar surface area (TPSA) is 95.8 Å². The zero-order chi connectivity index (χ0) is 15.3. The van der Waals surface area contributed by atoms with Crippen LogP contribution in [0.3, 0.4) is 0 Å².